The molecule has 0 spiro atoms. The van der Waals surface area contributed by atoms with E-state index in [0.717, 1.165) is 31.7 Å². The topological polar surface area (TPSA) is 91.3 Å². The Morgan fingerprint density at radius 2 is 1.85 bits per heavy atom. The molecule has 0 bridgehead atoms. The molecule has 3 N–H and O–H groups in total. The smallest absolute Gasteiger partial charge is 0.174 e. The van der Waals surface area contributed by atoms with Crippen molar-refractivity contribution in [2.45, 2.75) is 12.5 Å². The number of nitrogens with zero attached hydrogens (tertiary/aromatic N) is 1. The van der Waals surface area contributed by atoms with Crippen LogP contribution < -0.4 is 14.9 Å². The Hall–Kier alpha value is -2.77. The molecule has 0 radical (unpaired) electrons. The molecule has 1 saturated heterocycles. The van der Waals surface area contributed by atoms with Crippen LogP contribution in [-0.2, 0) is 0 Å². The molecule has 0 saturated carbocycles. The van der Waals surface area contributed by atoms with Crippen molar-refractivity contribution >= 4 is 5.78 Å². The maximum Gasteiger partial charge on any atom is 0.174 e. The number of carbonyl (C=O) groups excluding carboxylic acids is 1. The van der Waals surface area contributed by atoms with E-state index in [9.17, 15) is 15.0 Å². The van der Waals surface area contributed by atoms with Crippen LogP contribution in [0.1, 0.15) is 28.4 Å². The summed E-state index contributed by atoms with van der Waals surface area (Å²) in [5.41, 5.74) is 0.974. The molecule has 136 valence electrons. The Kier molecular flexibility index (Phi) is 4.40. The highest BCUT2D eigenvalue weighted by Gasteiger charge is 2.31. The van der Waals surface area contributed by atoms with Gasteiger partial charge in [0.25, 0.3) is 0 Å². The van der Waals surface area contributed by atoms with Gasteiger partial charge in [-0.2, -0.15) is 0 Å². The molecule has 26 heavy (non-hydrogen) atoms. The van der Waals surface area contributed by atoms with Crippen LogP contribution in [0.3, 0.4) is 0 Å². The van der Waals surface area contributed by atoms with Crippen LogP contribution in [0, 0.1) is 0 Å². The number of aromatic hydroxyl groups is 2. The number of fused-ring (bicyclic) bond motifs is 1. The van der Waals surface area contributed by atoms with Crippen LogP contribution in [0.2, 0.25) is 0 Å². The first-order chi connectivity index (χ1) is 12.6. The predicted molar refractivity (Wildman–Crippen MR) is 93.6 cm³/mol. The lowest BCUT2D eigenvalue weighted by Crippen LogP contribution is -2.45. The van der Waals surface area contributed by atoms with Crippen LogP contribution in [0.5, 0.6) is 23.0 Å². The second-order valence-electron chi connectivity index (χ2n) is 6.41. The van der Waals surface area contributed by atoms with Crippen molar-refractivity contribution in [3.05, 3.63) is 47.5 Å². The molecule has 0 aliphatic carbocycles. The van der Waals surface area contributed by atoms with Crippen molar-refractivity contribution in [2.75, 3.05) is 26.2 Å². The zero-order chi connectivity index (χ0) is 18.1. The summed E-state index contributed by atoms with van der Waals surface area (Å²) in [6, 6.07) is 9.64. The number of ketones is 1. The van der Waals surface area contributed by atoms with Crippen molar-refractivity contribution in [3.63, 3.8) is 0 Å². The van der Waals surface area contributed by atoms with E-state index in [-0.39, 0.29) is 29.3 Å². The average Bonchev–Trinajstić information content (AvgIpc) is 2.62. The number of phenolic OH excluding ortho intramolecular Hbond substituents is 2. The number of nitrogens with one attached hydrogen (secondary N) is 1. The van der Waals surface area contributed by atoms with E-state index in [4.69, 9.17) is 9.57 Å². The molecule has 2 aromatic rings. The van der Waals surface area contributed by atoms with Gasteiger partial charge < -0.3 is 25.1 Å². The van der Waals surface area contributed by atoms with Crippen LogP contribution >= 0.6 is 0 Å². The first-order valence-electron chi connectivity index (χ1n) is 8.59. The number of piperazine rings is 1. The minimum atomic E-state index is -0.468. The SMILES string of the molecule is O=C1CC(c2ccc(O)cc2)Oc2cc(ON3CCNCC3)cc(O)c21. The second kappa shape index (κ2) is 6.86. The van der Waals surface area contributed by atoms with Crippen LogP contribution in [0.25, 0.3) is 0 Å². The number of Topliss-reactive ketones (excluding diaryl/α,β-unsaturated/α-hetero) is 1. The lowest BCUT2D eigenvalue weighted by Gasteiger charge is -2.29. The molecule has 0 amide bonds. The summed E-state index contributed by atoms with van der Waals surface area (Å²) >= 11 is 0. The molecule has 1 atom stereocenters. The summed E-state index contributed by atoms with van der Waals surface area (Å²) in [5, 5.41) is 24.8. The van der Waals surface area contributed by atoms with E-state index in [1.54, 1.807) is 35.4 Å². The van der Waals surface area contributed by atoms with E-state index in [1.807, 2.05) is 0 Å². The van der Waals surface area contributed by atoms with Crippen LogP contribution in [-0.4, -0.2) is 47.2 Å². The second-order valence-corrected chi connectivity index (χ2v) is 6.41. The molecular weight excluding hydrogens is 336 g/mol. The Morgan fingerprint density at radius 1 is 1.12 bits per heavy atom. The number of carbonyl (C=O) groups is 1. The third-order valence-corrected chi connectivity index (χ3v) is 4.55. The van der Waals surface area contributed by atoms with Gasteiger partial charge in [-0.15, -0.1) is 5.06 Å². The molecule has 7 heteroatoms. The number of hydroxylamine groups is 2. The Bertz CT molecular complexity index is 815. The third kappa shape index (κ3) is 3.31. The summed E-state index contributed by atoms with van der Waals surface area (Å²) in [7, 11) is 0. The van der Waals surface area contributed by atoms with Gasteiger partial charge in [-0.25, -0.2) is 0 Å². The van der Waals surface area contributed by atoms with Crippen molar-refractivity contribution in [1.82, 2.24) is 10.4 Å². The molecule has 7 nitrogen and oxygen atoms in total. The average molecular weight is 356 g/mol. The standard InChI is InChI=1S/C19H20N2O5/c22-13-3-1-12(2-4-13)17-11-16(24)19-15(23)9-14(10-18(19)25-17)26-21-7-5-20-6-8-21/h1-4,9-10,17,20,22-23H,5-8,11H2. The minimum Gasteiger partial charge on any atom is -0.508 e. The van der Waals surface area contributed by atoms with E-state index in [0.29, 0.717) is 11.5 Å². The first kappa shape index (κ1) is 16.7. The highest BCUT2D eigenvalue weighted by molar-refractivity contribution is 6.02. The zero-order valence-corrected chi connectivity index (χ0v) is 14.1. The lowest BCUT2D eigenvalue weighted by atomic mass is 9.95. The van der Waals surface area contributed by atoms with E-state index >= 15 is 0 Å². The van der Waals surface area contributed by atoms with Crippen molar-refractivity contribution in [3.8, 4) is 23.0 Å². The van der Waals surface area contributed by atoms with E-state index in [2.05, 4.69) is 5.32 Å². The zero-order valence-electron chi connectivity index (χ0n) is 14.1. The quantitative estimate of drug-likeness (QED) is 0.775. The van der Waals surface area contributed by atoms with Gasteiger partial charge in [0.1, 0.15) is 28.9 Å². The Labute approximate surface area is 150 Å². The van der Waals surface area contributed by atoms with Gasteiger partial charge in [0.2, 0.25) is 0 Å². The largest absolute Gasteiger partial charge is 0.508 e. The number of hydrogen-bond donors (Lipinski definition) is 3. The van der Waals surface area contributed by atoms with E-state index < -0.39 is 6.10 Å². The predicted octanol–water partition coefficient (Wildman–Crippen LogP) is 2.00. The fourth-order valence-corrected chi connectivity index (χ4v) is 3.23. The molecule has 2 aliphatic rings. The van der Waals surface area contributed by atoms with Gasteiger partial charge in [0, 0.05) is 38.3 Å². The molecular formula is C19H20N2O5. The normalized spacial score (nSPS) is 20.3. The number of phenols is 2. The monoisotopic (exact) mass is 356 g/mol. The molecule has 4 rings (SSSR count). The molecule has 2 aromatic carbocycles. The summed E-state index contributed by atoms with van der Waals surface area (Å²) in [6.07, 6.45) is -0.340. The van der Waals surface area contributed by atoms with Gasteiger partial charge in [0.05, 0.1) is 6.42 Å². The van der Waals surface area contributed by atoms with E-state index in [1.165, 1.54) is 6.07 Å². The Morgan fingerprint density at radius 3 is 2.58 bits per heavy atom. The fraction of sp³-hybridized carbons (Fsp3) is 0.316. The summed E-state index contributed by atoms with van der Waals surface area (Å²) < 4.78 is 5.97. The van der Waals surface area contributed by atoms with Gasteiger partial charge in [0.15, 0.2) is 11.5 Å². The van der Waals surface area contributed by atoms with Crippen molar-refractivity contribution in [2.24, 2.45) is 0 Å². The highest BCUT2D eigenvalue weighted by atomic mass is 16.7. The fourth-order valence-electron chi connectivity index (χ4n) is 3.23. The number of benzene rings is 2. The van der Waals surface area contributed by atoms with Gasteiger partial charge in [-0.1, -0.05) is 12.1 Å². The third-order valence-electron chi connectivity index (χ3n) is 4.55. The Balaban J connectivity index is 1.60. The highest BCUT2D eigenvalue weighted by Crippen LogP contribution is 2.42. The van der Waals surface area contributed by atoms with Crippen LogP contribution in [0.15, 0.2) is 36.4 Å². The van der Waals surface area contributed by atoms with Crippen LogP contribution in [0.4, 0.5) is 0 Å². The van der Waals surface area contributed by atoms with Crippen molar-refractivity contribution < 1.29 is 24.6 Å². The first-order valence-corrected chi connectivity index (χ1v) is 8.59. The van der Waals surface area contributed by atoms with Crippen molar-refractivity contribution in [1.29, 1.82) is 0 Å². The van der Waals surface area contributed by atoms with Gasteiger partial charge in [-0.05, 0) is 17.7 Å². The minimum absolute atomic E-state index is 0.128. The maximum atomic E-state index is 12.5. The molecule has 1 unspecified atom stereocenters. The number of hydrogen-bond acceptors (Lipinski definition) is 7. The molecule has 2 heterocycles. The van der Waals surface area contributed by atoms with Gasteiger partial charge in [-0.3, -0.25) is 4.79 Å². The number of ether oxygens (including phenoxy) is 1. The summed E-state index contributed by atoms with van der Waals surface area (Å²) in [5.74, 6) is 0.574. The summed E-state index contributed by atoms with van der Waals surface area (Å²) in [4.78, 5) is 18.3. The lowest BCUT2D eigenvalue weighted by molar-refractivity contribution is -0.0667. The number of rotatable bonds is 3. The molecule has 2 aliphatic heterocycles. The summed E-state index contributed by atoms with van der Waals surface area (Å²) in [6.45, 7) is 3.12. The molecule has 1 fully saturated rings. The molecule has 0 aromatic heterocycles. The van der Waals surface area contributed by atoms with Gasteiger partial charge >= 0.3 is 0 Å². The maximum absolute atomic E-state index is 12.5.